The molecular weight excluding hydrogens is 359 g/mol. The number of nitrogens with zero attached hydrogens (tertiary/aromatic N) is 2. The number of hydrogen-bond acceptors (Lipinski definition) is 4. The second kappa shape index (κ2) is 10.0. The number of aromatic nitrogens is 1. The summed E-state index contributed by atoms with van der Waals surface area (Å²) in [7, 11) is 3.45. The van der Waals surface area contributed by atoms with E-state index in [4.69, 9.17) is 9.47 Å². The third kappa shape index (κ3) is 6.81. The van der Waals surface area contributed by atoms with E-state index in [9.17, 15) is 4.39 Å². The van der Waals surface area contributed by atoms with Crippen LogP contribution in [-0.4, -0.2) is 37.7 Å². The molecule has 0 aliphatic carbocycles. The van der Waals surface area contributed by atoms with Crippen molar-refractivity contribution in [1.82, 2.24) is 15.6 Å². The van der Waals surface area contributed by atoms with Crippen molar-refractivity contribution in [2.75, 3.05) is 20.7 Å². The first-order chi connectivity index (χ1) is 13.3. The number of pyridine rings is 1. The molecule has 0 spiro atoms. The van der Waals surface area contributed by atoms with Gasteiger partial charge in [0, 0.05) is 39.5 Å². The van der Waals surface area contributed by atoms with E-state index in [0.717, 1.165) is 5.56 Å². The third-order valence-corrected chi connectivity index (χ3v) is 4.22. The summed E-state index contributed by atoms with van der Waals surface area (Å²) in [6.07, 6.45) is 1.79. The van der Waals surface area contributed by atoms with Crippen LogP contribution in [0.5, 0.6) is 11.6 Å². The van der Waals surface area contributed by atoms with Crippen LogP contribution in [-0.2, 0) is 11.3 Å². The largest absolute Gasteiger partial charge is 0.439 e. The summed E-state index contributed by atoms with van der Waals surface area (Å²) in [5, 5.41) is 6.54. The number of methoxy groups -OCH3 is 1. The van der Waals surface area contributed by atoms with Gasteiger partial charge in [-0.05, 0) is 35.2 Å². The molecule has 6 nitrogen and oxygen atoms in total. The van der Waals surface area contributed by atoms with Crippen molar-refractivity contribution in [1.29, 1.82) is 0 Å². The minimum absolute atomic E-state index is 0.0326. The Morgan fingerprint density at radius 2 is 1.86 bits per heavy atom. The zero-order chi connectivity index (χ0) is 20.6. The first-order valence-corrected chi connectivity index (χ1v) is 9.17. The fraction of sp³-hybridized carbons (Fsp3) is 0.429. The molecule has 0 radical (unpaired) electrons. The van der Waals surface area contributed by atoms with E-state index in [0.29, 0.717) is 30.7 Å². The van der Waals surface area contributed by atoms with Gasteiger partial charge in [-0.2, -0.15) is 0 Å². The number of rotatable bonds is 7. The third-order valence-electron chi connectivity index (χ3n) is 4.22. The van der Waals surface area contributed by atoms with Crippen LogP contribution in [0.1, 0.15) is 26.3 Å². The molecule has 0 fully saturated rings. The summed E-state index contributed by atoms with van der Waals surface area (Å²) in [6, 6.07) is 9.51. The zero-order valence-corrected chi connectivity index (χ0v) is 17.1. The predicted molar refractivity (Wildman–Crippen MR) is 109 cm³/mol. The molecule has 2 N–H and O–H groups in total. The summed E-state index contributed by atoms with van der Waals surface area (Å²) in [5.41, 5.74) is 1.01. The Balaban J connectivity index is 1.85. The fourth-order valence-electron chi connectivity index (χ4n) is 2.54. The van der Waals surface area contributed by atoms with Crippen molar-refractivity contribution >= 4 is 5.96 Å². The number of halogens is 1. The van der Waals surface area contributed by atoms with E-state index in [-0.39, 0.29) is 17.3 Å². The van der Waals surface area contributed by atoms with Crippen molar-refractivity contribution < 1.29 is 13.9 Å². The first-order valence-electron chi connectivity index (χ1n) is 9.17. The zero-order valence-electron chi connectivity index (χ0n) is 17.1. The molecule has 0 aliphatic rings. The predicted octanol–water partition coefficient (Wildman–Crippen LogP) is 3.74. The summed E-state index contributed by atoms with van der Waals surface area (Å²) in [6.45, 7) is 7.64. The van der Waals surface area contributed by atoms with Crippen molar-refractivity contribution in [3.8, 4) is 11.6 Å². The maximum atomic E-state index is 12.9. The van der Waals surface area contributed by atoms with E-state index in [1.807, 2.05) is 6.07 Å². The molecule has 2 rings (SSSR count). The lowest BCUT2D eigenvalue weighted by molar-refractivity contribution is 0.0205. The van der Waals surface area contributed by atoms with Crippen LogP contribution < -0.4 is 15.4 Å². The average Bonchev–Trinajstić information content (AvgIpc) is 2.66. The molecule has 0 bridgehead atoms. The minimum atomic E-state index is -0.303. The molecule has 0 aliphatic heterocycles. The number of hydrogen-bond donors (Lipinski definition) is 2. The smallest absolute Gasteiger partial charge is 0.219 e. The molecular formula is C21H29FN4O2. The quantitative estimate of drug-likeness (QED) is 0.559. The number of nitrogens with one attached hydrogen (secondary N) is 2. The second-order valence-electron chi connectivity index (χ2n) is 7.46. The van der Waals surface area contributed by atoms with Crippen LogP contribution in [0.25, 0.3) is 0 Å². The Hall–Kier alpha value is -2.67. The summed E-state index contributed by atoms with van der Waals surface area (Å²) < 4.78 is 24.1. The van der Waals surface area contributed by atoms with Crippen LogP contribution in [0.3, 0.4) is 0 Å². The van der Waals surface area contributed by atoms with Gasteiger partial charge in [0.15, 0.2) is 5.96 Å². The lowest BCUT2D eigenvalue weighted by Gasteiger charge is -2.30. The maximum absolute atomic E-state index is 12.9. The Morgan fingerprint density at radius 1 is 1.14 bits per heavy atom. The highest BCUT2D eigenvalue weighted by Crippen LogP contribution is 2.21. The molecule has 152 valence electrons. The number of guanidine groups is 1. The van der Waals surface area contributed by atoms with Gasteiger partial charge in [-0.15, -0.1) is 0 Å². The lowest BCUT2D eigenvalue weighted by Crippen LogP contribution is -2.45. The normalized spacial score (nSPS) is 13.1. The number of ether oxygens (including phenoxy) is 2. The second-order valence-corrected chi connectivity index (χ2v) is 7.46. The molecule has 1 aromatic carbocycles. The van der Waals surface area contributed by atoms with Crippen LogP contribution in [0.15, 0.2) is 47.6 Å². The Bertz CT molecular complexity index is 755. The molecule has 1 aromatic heterocycles. The van der Waals surface area contributed by atoms with Gasteiger partial charge >= 0.3 is 0 Å². The van der Waals surface area contributed by atoms with Crippen molar-refractivity contribution in [3.63, 3.8) is 0 Å². The lowest BCUT2D eigenvalue weighted by atomic mass is 9.89. The summed E-state index contributed by atoms with van der Waals surface area (Å²) >= 11 is 0. The first kappa shape index (κ1) is 21.6. The topological polar surface area (TPSA) is 67.8 Å². The van der Waals surface area contributed by atoms with Crippen LogP contribution in [0.2, 0.25) is 0 Å². The highest BCUT2D eigenvalue weighted by Gasteiger charge is 2.24. The van der Waals surface area contributed by atoms with E-state index in [2.05, 4.69) is 41.4 Å². The maximum Gasteiger partial charge on any atom is 0.219 e. The highest BCUT2D eigenvalue weighted by molar-refractivity contribution is 5.79. The van der Waals surface area contributed by atoms with Gasteiger partial charge in [0.2, 0.25) is 5.88 Å². The Kier molecular flexibility index (Phi) is 7.75. The summed E-state index contributed by atoms with van der Waals surface area (Å²) in [4.78, 5) is 8.52. The number of aliphatic imine (C=N–C) groups is 1. The van der Waals surface area contributed by atoms with Gasteiger partial charge < -0.3 is 20.1 Å². The van der Waals surface area contributed by atoms with Gasteiger partial charge in [0.25, 0.3) is 0 Å². The fourth-order valence-corrected chi connectivity index (χ4v) is 2.54. The standard InChI is InChI=1S/C21H29FN4O2/c1-21(2,3)18(27-5)14-26-20(23-4)25-13-15-6-11-19(24-12-15)28-17-9-7-16(22)8-10-17/h6-12,18H,13-14H2,1-5H3,(H2,23,25,26). The van der Waals surface area contributed by atoms with Gasteiger partial charge in [0.1, 0.15) is 11.6 Å². The van der Waals surface area contributed by atoms with E-state index in [1.165, 1.54) is 12.1 Å². The van der Waals surface area contributed by atoms with Crippen LogP contribution >= 0.6 is 0 Å². The van der Waals surface area contributed by atoms with Gasteiger partial charge in [0.05, 0.1) is 6.10 Å². The molecule has 1 atom stereocenters. The van der Waals surface area contributed by atoms with Gasteiger partial charge in [-0.1, -0.05) is 26.8 Å². The molecule has 0 amide bonds. The molecule has 0 saturated carbocycles. The van der Waals surface area contributed by atoms with Gasteiger partial charge in [-0.3, -0.25) is 4.99 Å². The minimum Gasteiger partial charge on any atom is -0.439 e. The van der Waals surface area contributed by atoms with Gasteiger partial charge in [-0.25, -0.2) is 9.37 Å². The molecule has 1 heterocycles. The Labute approximate surface area is 166 Å². The monoisotopic (exact) mass is 388 g/mol. The summed E-state index contributed by atoms with van der Waals surface area (Å²) in [5.74, 6) is 1.38. The van der Waals surface area contributed by atoms with Crippen molar-refractivity contribution in [3.05, 3.63) is 54.0 Å². The van der Waals surface area contributed by atoms with Crippen molar-refractivity contribution in [2.24, 2.45) is 10.4 Å². The van der Waals surface area contributed by atoms with Crippen LogP contribution in [0.4, 0.5) is 4.39 Å². The number of benzene rings is 1. The van der Waals surface area contributed by atoms with Crippen LogP contribution in [0, 0.1) is 11.2 Å². The van der Waals surface area contributed by atoms with E-state index in [1.54, 1.807) is 38.6 Å². The molecule has 7 heteroatoms. The SMILES string of the molecule is CN=C(NCc1ccc(Oc2ccc(F)cc2)nc1)NCC(OC)C(C)(C)C. The molecule has 1 unspecified atom stereocenters. The molecule has 0 saturated heterocycles. The van der Waals surface area contributed by atoms with Crippen molar-refractivity contribution in [2.45, 2.75) is 33.4 Å². The molecule has 2 aromatic rings. The Morgan fingerprint density at radius 3 is 2.39 bits per heavy atom. The highest BCUT2D eigenvalue weighted by atomic mass is 19.1. The average molecular weight is 388 g/mol. The van der Waals surface area contributed by atoms with E-state index < -0.39 is 0 Å². The molecule has 28 heavy (non-hydrogen) atoms. The van der Waals surface area contributed by atoms with E-state index >= 15 is 0 Å².